The van der Waals surface area contributed by atoms with E-state index in [-0.39, 0.29) is 5.92 Å². The van der Waals surface area contributed by atoms with Gasteiger partial charge in [0.05, 0.1) is 43.4 Å². The second-order valence-electron chi connectivity index (χ2n) is 16.8. The predicted octanol–water partition coefficient (Wildman–Crippen LogP) is 9.62. The largest absolute Gasteiger partial charge is 0.743 e. The highest BCUT2D eigenvalue weighted by molar-refractivity contribution is 7.20. The molecule has 0 atom stereocenters. The lowest BCUT2D eigenvalue weighted by atomic mass is 10.0. The molecule has 4 aromatic heterocycles. The van der Waals surface area contributed by atoms with Gasteiger partial charge in [-0.3, -0.25) is 0 Å². The van der Waals surface area contributed by atoms with Crippen LogP contribution in [-0.2, 0) is 0 Å². The average Bonchev–Trinajstić information content (AvgIpc) is 4.23. The Labute approximate surface area is 401 Å². The maximum atomic E-state index is 11.7. The van der Waals surface area contributed by atoms with Gasteiger partial charge in [0.25, 0.3) is 0 Å². The van der Waals surface area contributed by atoms with Crippen molar-refractivity contribution in [2.24, 2.45) is 0 Å². The van der Waals surface area contributed by atoms with Gasteiger partial charge in [-0.05, 0) is 86.1 Å². The lowest BCUT2D eigenvalue weighted by Gasteiger charge is -2.18. The molecule has 0 bridgehead atoms. The summed E-state index contributed by atoms with van der Waals surface area (Å²) in [6, 6.07) is 44.0. The van der Waals surface area contributed by atoms with Crippen molar-refractivity contribution in [2.45, 2.75) is 40.0 Å². The van der Waals surface area contributed by atoms with Crippen molar-refractivity contribution in [3.8, 4) is 52.1 Å². The van der Waals surface area contributed by atoms with E-state index >= 15 is 0 Å². The van der Waals surface area contributed by atoms with Crippen molar-refractivity contribution in [2.75, 3.05) is 26.2 Å². The first-order chi connectivity index (χ1) is 33.4. The van der Waals surface area contributed by atoms with Crippen molar-refractivity contribution in [3.63, 3.8) is 0 Å². The van der Waals surface area contributed by atoms with Gasteiger partial charge in [0.15, 0.2) is 0 Å². The lowest BCUT2D eigenvalue weighted by Crippen LogP contribution is -2.45. The van der Waals surface area contributed by atoms with Gasteiger partial charge in [0, 0.05) is 28.6 Å². The highest BCUT2D eigenvalue weighted by Gasteiger charge is 2.45. The predicted molar refractivity (Wildman–Crippen MR) is 270 cm³/mol. The number of rotatable bonds is 13. The highest BCUT2D eigenvalue weighted by atomic mass is 32.1. The van der Waals surface area contributed by atoms with Crippen molar-refractivity contribution < 1.29 is 23.4 Å². The van der Waals surface area contributed by atoms with Crippen LogP contribution in [0, 0.1) is 22.7 Å². The SMILES string of the molecule is CCN(CC)CCCOc1cccc(-c2c3/c(=C(\C#N)c4nc5ccccc5s4)n(B4Oc5ccccc5O4)c(C(C)C)c3/c(=C(\C#N)c3nc4ccccc4s3)n2B2Oc3ccccc3O2)c1. The van der Waals surface area contributed by atoms with Crippen molar-refractivity contribution in [1.82, 2.24) is 23.8 Å². The van der Waals surface area contributed by atoms with Crippen molar-refractivity contribution in [1.29, 1.82) is 10.5 Å². The summed E-state index contributed by atoms with van der Waals surface area (Å²) >= 11 is 2.87. The third kappa shape index (κ3) is 7.42. The molecular weight excluding hydrogens is 888 g/mol. The number of benzene rings is 5. The maximum Gasteiger partial charge on any atom is 0.743 e. The number of aromatic nitrogens is 4. The van der Waals surface area contributed by atoms with Crippen LogP contribution in [0.3, 0.4) is 0 Å². The summed E-state index contributed by atoms with van der Waals surface area (Å²) in [5, 5.41) is 26.7. The van der Waals surface area contributed by atoms with Gasteiger partial charge in [-0.25, -0.2) is 9.97 Å². The van der Waals surface area contributed by atoms with Crippen molar-refractivity contribution in [3.05, 3.63) is 148 Å². The first-order valence-corrected chi connectivity index (χ1v) is 24.4. The first kappa shape index (κ1) is 43.1. The minimum Gasteiger partial charge on any atom is -0.503 e. The summed E-state index contributed by atoms with van der Waals surface area (Å²) in [6.07, 6.45) is 0.846. The maximum absolute atomic E-state index is 11.7. The molecule has 0 amide bonds. The molecule has 2 aliphatic rings. The molecule has 0 saturated carbocycles. The zero-order valence-electron chi connectivity index (χ0n) is 37.8. The first-order valence-electron chi connectivity index (χ1n) is 22.8. The fourth-order valence-corrected chi connectivity index (χ4v) is 11.2. The molecule has 0 N–H and O–H groups in total. The minimum atomic E-state index is -1.10. The number of hydrogen-bond donors (Lipinski definition) is 0. The van der Waals surface area contributed by atoms with Gasteiger partial charge < -0.3 is 37.2 Å². The van der Waals surface area contributed by atoms with Gasteiger partial charge >= 0.3 is 14.5 Å². The summed E-state index contributed by atoms with van der Waals surface area (Å²) < 4.78 is 39.4. The third-order valence-corrected chi connectivity index (χ3v) is 14.5. The van der Waals surface area contributed by atoms with Crippen LogP contribution in [0.4, 0.5) is 0 Å². The normalized spacial score (nSPS) is 13.8. The zero-order chi connectivity index (χ0) is 46.5. The van der Waals surface area contributed by atoms with Crippen molar-refractivity contribution >= 4 is 79.5 Å². The topological polar surface area (TPSA) is 133 Å². The van der Waals surface area contributed by atoms with E-state index in [1.807, 2.05) is 130 Å². The molecule has 0 fully saturated rings. The van der Waals surface area contributed by atoms with Crippen LogP contribution < -0.4 is 34.1 Å². The Balaban J connectivity index is 1.31. The van der Waals surface area contributed by atoms with Crippen LogP contribution >= 0.6 is 22.7 Å². The van der Waals surface area contributed by atoms with E-state index in [1.54, 1.807) is 0 Å². The van der Waals surface area contributed by atoms with E-state index in [9.17, 15) is 10.5 Å². The molecule has 6 heterocycles. The number of hydrogen-bond acceptors (Lipinski definition) is 12. The molecule has 2 aliphatic heterocycles. The Morgan fingerprint density at radius 1 is 0.662 bits per heavy atom. The molecule has 0 spiro atoms. The van der Waals surface area contributed by atoms with E-state index in [0.717, 1.165) is 57.7 Å². The summed E-state index contributed by atoms with van der Waals surface area (Å²) in [6.45, 7) is 11.9. The Morgan fingerprint density at radius 2 is 1.16 bits per heavy atom. The van der Waals surface area contributed by atoms with Gasteiger partial charge in [-0.2, -0.15) is 10.5 Å². The second kappa shape index (κ2) is 18.0. The number of thiazole rings is 2. The molecule has 68 heavy (non-hydrogen) atoms. The van der Waals surface area contributed by atoms with Gasteiger partial charge in [0.2, 0.25) is 0 Å². The van der Waals surface area contributed by atoms with E-state index in [4.69, 9.17) is 33.3 Å². The smallest absolute Gasteiger partial charge is 0.503 e. The minimum absolute atomic E-state index is 0.238. The van der Waals surface area contributed by atoms with Crippen LogP contribution in [0.5, 0.6) is 28.7 Å². The molecule has 16 heteroatoms. The molecule has 0 saturated heterocycles. The van der Waals surface area contributed by atoms with Gasteiger partial charge in [0.1, 0.15) is 62.0 Å². The highest BCUT2D eigenvalue weighted by Crippen LogP contribution is 2.41. The fraction of sp³-hybridized carbons (Fsp3) is 0.192. The quantitative estimate of drug-likeness (QED) is 0.0814. The summed E-state index contributed by atoms with van der Waals surface area (Å²) in [4.78, 5) is 12.6. The summed E-state index contributed by atoms with van der Waals surface area (Å²) in [5.74, 6) is 2.66. The third-order valence-electron chi connectivity index (χ3n) is 12.4. The Morgan fingerprint density at radius 3 is 1.66 bits per heavy atom. The van der Waals surface area contributed by atoms with E-state index in [0.29, 0.717) is 83.7 Å². The van der Waals surface area contributed by atoms with Crippen LogP contribution in [0.2, 0.25) is 0 Å². The monoisotopic (exact) mass is 931 g/mol. The molecule has 0 aliphatic carbocycles. The Hall–Kier alpha value is -7.49. The molecular formula is C52H43B2N7O5S2. The zero-order valence-corrected chi connectivity index (χ0v) is 39.4. The number of fused-ring (bicyclic) bond motifs is 5. The molecule has 0 unspecified atom stereocenters. The number of ether oxygens (including phenoxy) is 1. The average molecular weight is 932 g/mol. The van der Waals surface area contributed by atoms with Gasteiger partial charge in [-0.1, -0.05) is 88.4 Å². The van der Waals surface area contributed by atoms with E-state index in [1.165, 1.54) is 22.7 Å². The molecule has 11 rings (SSSR count). The van der Waals surface area contributed by atoms with Crippen LogP contribution in [0.25, 0.3) is 53.6 Å². The molecule has 0 radical (unpaired) electrons. The molecule has 9 aromatic rings. The van der Waals surface area contributed by atoms with Gasteiger partial charge in [-0.15, -0.1) is 22.7 Å². The fourth-order valence-electron chi connectivity index (χ4n) is 9.30. The Bertz CT molecular complexity index is 3430. The van der Waals surface area contributed by atoms with Crippen LogP contribution in [-0.4, -0.2) is 64.6 Å². The number of nitriles is 2. The Kier molecular flexibility index (Phi) is 11.4. The number of para-hydroxylation sites is 6. The van der Waals surface area contributed by atoms with Crippen LogP contribution in [0.15, 0.2) is 121 Å². The molecule has 5 aromatic carbocycles. The van der Waals surface area contributed by atoms with E-state index < -0.39 is 14.5 Å². The second-order valence-corrected chi connectivity index (χ2v) is 18.8. The summed E-state index contributed by atoms with van der Waals surface area (Å²) in [7, 11) is -2.14. The standard InChI is InChI=1S/C52H43B2N7O5S2/c1-5-59(6-2)27-16-28-62-34-18-15-17-33(29-34)48-46-45(49(61(48)54-65-41-23-11-12-24-42(41)66-54)35(30-55)51-57-37-19-7-13-25-43(37)67-51)47(32(3)4)60(53-63-39-21-9-10-22-40(39)64-53)50(46)36(31-56)52-58-38-20-8-14-26-44(38)68-52/h7-15,17-26,29,32H,5-6,16,27-28H2,1-4H3/b49-35-,50-36-. The van der Waals surface area contributed by atoms with E-state index in [2.05, 4.69) is 44.7 Å². The molecule has 12 nitrogen and oxygen atoms in total. The molecule has 334 valence electrons. The number of nitrogens with zero attached hydrogens (tertiary/aromatic N) is 7. The summed E-state index contributed by atoms with van der Waals surface area (Å²) in [5.41, 5.74) is 4.25. The van der Waals surface area contributed by atoms with Crippen LogP contribution in [0.1, 0.15) is 55.7 Å². The lowest BCUT2D eigenvalue weighted by molar-refractivity contribution is 0.249.